The number of nitrogens with one attached hydrogen (secondary N) is 1. The minimum absolute atomic E-state index is 0.259. The molecule has 0 aliphatic carbocycles. The van der Waals surface area contributed by atoms with Crippen LogP contribution in [-0.4, -0.2) is 30.5 Å². The fraction of sp³-hybridized carbons (Fsp3) is 0.520. The summed E-state index contributed by atoms with van der Waals surface area (Å²) >= 11 is 1.68. The van der Waals surface area contributed by atoms with Crippen LogP contribution in [0.25, 0.3) is 0 Å². The van der Waals surface area contributed by atoms with Crippen LogP contribution < -0.4 is 14.2 Å². The fourth-order valence-corrected chi connectivity index (χ4v) is 5.25. The number of aliphatic hydroxyl groups is 1. The number of rotatable bonds is 9. The number of fused-ring (bicyclic) bond motifs is 1. The molecular formula is C25H35NO3S. The highest BCUT2D eigenvalue weighted by molar-refractivity contribution is 7.97. The number of benzene rings is 2. The van der Waals surface area contributed by atoms with Gasteiger partial charge in [-0.2, -0.15) is 0 Å². The van der Waals surface area contributed by atoms with Gasteiger partial charge in [-0.15, -0.1) is 0 Å². The minimum Gasteiger partial charge on any atom is -0.490 e. The first-order valence-electron chi connectivity index (χ1n) is 11.2. The van der Waals surface area contributed by atoms with Gasteiger partial charge in [0, 0.05) is 16.9 Å². The lowest BCUT2D eigenvalue weighted by Gasteiger charge is -2.26. The average molecular weight is 430 g/mol. The third-order valence-electron chi connectivity index (χ3n) is 5.90. The van der Waals surface area contributed by atoms with E-state index in [1.165, 1.54) is 16.0 Å². The van der Waals surface area contributed by atoms with Crippen molar-refractivity contribution in [2.45, 2.75) is 69.9 Å². The van der Waals surface area contributed by atoms with E-state index < -0.39 is 0 Å². The molecule has 1 aliphatic heterocycles. The Labute approximate surface area is 185 Å². The van der Waals surface area contributed by atoms with Crippen molar-refractivity contribution < 1.29 is 14.6 Å². The molecule has 30 heavy (non-hydrogen) atoms. The van der Waals surface area contributed by atoms with Gasteiger partial charge in [-0.3, -0.25) is 4.72 Å². The average Bonchev–Trinajstić information content (AvgIpc) is 2.92. The standard InChI is InChI=1S/C25H35NO3S/c1-5-18(17(4)27)13-20-14-21(19-11-9-8-10-12-19)22-15-23(28-6-2)24(29-7-3)16-25(22)30-26-20/h8-12,15-18,20-21,26-27H,5-7,13-14H2,1-4H3/t17?,18?,20-,21+/m1/s1. The molecule has 0 aromatic heterocycles. The van der Waals surface area contributed by atoms with Gasteiger partial charge in [-0.1, -0.05) is 43.7 Å². The maximum absolute atomic E-state index is 10.2. The van der Waals surface area contributed by atoms with E-state index in [-0.39, 0.29) is 12.0 Å². The Morgan fingerprint density at radius 2 is 1.73 bits per heavy atom. The van der Waals surface area contributed by atoms with E-state index in [0.717, 1.165) is 30.8 Å². The lowest BCUT2D eigenvalue weighted by Crippen LogP contribution is -2.30. The van der Waals surface area contributed by atoms with Crippen molar-refractivity contribution in [3.8, 4) is 11.5 Å². The van der Waals surface area contributed by atoms with Gasteiger partial charge in [0.15, 0.2) is 11.5 Å². The molecule has 0 spiro atoms. The Bertz CT molecular complexity index is 796. The lowest BCUT2D eigenvalue weighted by molar-refractivity contribution is 0.111. The smallest absolute Gasteiger partial charge is 0.162 e. The molecule has 164 valence electrons. The summed E-state index contributed by atoms with van der Waals surface area (Å²) in [6.07, 6.45) is 2.62. The molecule has 2 unspecified atom stereocenters. The lowest BCUT2D eigenvalue weighted by atomic mass is 9.82. The van der Waals surface area contributed by atoms with E-state index >= 15 is 0 Å². The van der Waals surface area contributed by atoms with Crippen molar-refractivity contribution >= 4 is 11.9 Å². The van der Waals surface area contributed by atoms with Gasteiger partial charge in [0.05, 0.1) is 19.3 Å². The fourth-order valence-electron chi connectivity index (χ4n) is 4.28. The van der Waals surface area contributed by atoms with Gasteiger partial charge in [0.2, 0.25) is 0 Å². The molecule has 1 heterocycles. The maximum atomic E-state index is 10.2. The highest BCUT2D eigenvalue weighted by atomic mass is 32.2. The first-order valence-corrected chi connectivity index (χ1v) is 12.0. The third-order valence-corrected chi connectivity index (χ3v) is 6.93. The van der Waals surface area contributed by atoms with E-state index in [4.69, 9.17) is 9.47 Å². The summed E-state index contributed by atoms with van der Waals surface area (Å²) in [5.74, 6) is 2.16. The van der Waals surface area contributed by atoms with Crippen molar-refractivity contribution in [2.24, 2.45) is 5.92 Å². The summed E-state index contributed by atoms with van der Waals surface area (Å²) in [6.45, 7) is 9.28. The number of hydrogen-bond donors (Lipinski definition) is 2. The Kier molecular flexibility index (Phi) is 8.49. The van der Waals surface area contributed by atoms with Gasteiger partial charge >= 0.3 is 0 Å². The van der Waals surface area contributed by atoms with Crippen LogP contribution in [-0.2, 0) is 0 Å². The molecule has 4 atom stereocenters. The third kappa shape index (κ3) is 5.51. The Morgan fingerprint density at radius 1 is 1.07 bits per heavy atom. The molecule has 0 bridgehead atoms. The van der Waals surface area contributed by atoms with E-state index in [1.807, 2.05) is 20.8 Å². The SMILES string of the molecule is CCOc1cc2c(cc1OCC)[C@H](c1ccccc1)C[C@@H](CC(CC)C(C)O)NS2. The molecule has 0 amide bonds. The molecule has 2 aromatic rings. The first kappa shape index (κ1) is 23.0. The molecule has 0 saturated carbocycles. The summed E-state index contributed by atoms with van der Waals surface area (Å²) in [7, 11) is 0. The zero-order chi connectivity index (χ0) is 21.5. The van der Waals surface area contributed by atoms with Crippen LogP contribution in [0.4, 0.5) is 0 Å². The van der Waals surface area contributed by atoms with Crippen molar-refractivity contribution in [1.29, 1.82) is 0 Å². The molecule has 5 heteroatoms. The Balaban J connectivity index is 2.00. The van der Waals surface area contributed by atoms with Crippen LogP contribution >= 0.6 is 11.9 Å². The topological polar surface area (TPSA) is 50.7 Å². The molecule has 1 aliphatic rings. The predicted molar refractivity (Wildman–Crippen MR) is 125 cm³/mol. The summed E-state index contributed by atoms with van der Waals surface area (Å²) in [4.78, 5) is 1.18. The van der Waals surface area contributed by atoms with Crippen LogP contribution in [0.3, 0.4) is 0 Å². The van der Waals surface area contributed by atoms with Gasteiger partial charge in [-0.25, -0.2) is 0 Å². The Morgan fingerprint density at radius 3 is 2.33 bits per heavy atom. The van der Waals surface area contributed by atoms with E-state index in [1.54, 1.807) is 11.9 Å². The van der Waals surface area contributed by atoms with Gasteiger partial charge in [-0.05, 0) is 74.7 Å². The molecule has 3 rings (SSSR count). The molecule has 0 fully saturated rings. The summed E-state index contributed by atoms with van der Waals surface area (Å²) < 4.78 is 15.5. The molecule has 0 saturated heterocycles. The van der Waals surface area contributed by atoms with Crippen LogP contribution in [0.1, 0.15) is 64.0 Å². The van der Waals surface area contributed by atoms with Gasteiger partial charge in [0.1, 0.15) is 0 Å². The summed E-state index contributed by atoms with van der Waals surface area (Å²) in [6, 6.07) is 15.3. The molecule has 4 nitrogen and oxygen atoms in total. The van der Waals surface area contributed by atoms with Crippen molar-refractivity contribution in [3.05, 3.63) is 53.6 Å². The summed E-state index contributed by atoms with van der Waals surface area (Å²) in [5.41, 5.74) is 2.59. The van der Waals surface area contributed by atoms with Crippen LogP contribution in [0.5, 0.6) is 11.5 Å². The second-order valence-corrected chi connectivity index (χ2v) is 8.84. The second-order valence-electron chi connectivity index (χ2n) is 7.96. The number of ether oxygens (including phenoxy) is 2. The molecule has 2 aromatic carbocycles. The molecule has 0 radical (unpaired) electrons. The largest absolute Gasteiger partial charge is 0.490 e. The van der Waals surface area contributed by atoms with Crippen molar-refractivity contribution in [1.82, 2.24) is 4.72 Å². The number of hydrogen-bond acceptors (Lipinski definition) is 5. The Hall–Kier alpha value is -1.69. The van der Waals surface area contributed by atoms with Crippen LogP contribution in [0, 0.1) is 5.92 Å². The van der Waals surface area contributed by atoms with Crippen LogP contribution in [0.15, 0.2) is 47.4 Å². The molecular weight excluding hydrogens is 394 g/mol. The van der Waals surface area contributed by atoms with Gasteiger partial charge < -0.3 is 14.6 Å². The van der Waals surface area contributed by atoms with Crippen molar-refractivity contribution in [3.63, 3.8) is 0 Å². The minimum atomic E-state index is -0.295. The quantitative estimate of drug-likeness (QED) is 0.495. The summed E-state index contributed by atoms with van der Waals surface area (Å²) in [5, 5.41) is 10.2. The van der Waals surface area contributed by atoms with E-state index in [0.29, 0.717) is 25.2 Å². The predicted octanol–water partition coefficient (Wildman–Crippen LogP) is 5.78. The monoisotopic (exact) mass is 429 g/mol. The first-order chi connectivity index (χ1) is 14.6. The number of aliphatic hydroxyl groups excluding tert-OH is 1. The highest BCUT2D eigenvalue weighted by Gasteiger charge is 2.30. The second kappa shape index (κ2) is 11.1. The van der Waals surface area contributed by atoms with Crippen LogP contribution in [0.2, 0.25) is 0 Å². The normalized spacial score (nSPS) is 20.7. The van der Waals surface area contributed by atoms with Gasteiger partial charge in [0.25, 0.3) is 0 Å². The zero-order valence-electron chi connectivity index (χ0n) is 18.6. The zero-order valence-corrected chi connectivity index (χ0v) is 19.4. The van der Waals surface area contributed by atoms with E-state index in [2.05, 4.69) is 54.1 Å². The van der Waals surface area contributed by atoms with E-state index in [9.17, 15) is 5.11 Å². The van der Waals surface area contributed by atoms with Crippen molar-refractivity contribution in [2.75, 3.05) is 13.2 Å². The molecule has 2 N–H and O–H groups in total. The highest BCUT2D eigenvalue weighted by Crippen LogP contribution is 2.44. The maximum Gasteiger partial charge on any atom is 0.162 e.